The molecule has 9 heteroatoms. The number of carboxylic acid groups (broad SMARTS) is 1. The molecule has 8 nitrogen and oxygen atoms in total. The van der Waals surface area contributed by atoms with Gasteiger partial charge in [-0.25, -0.2) is 18.8 Å². The Morgan fingerprint density at radius 1 is 1.30 bits per heavy atom. The van der Waals surface area contributed by atoms with E-state index < -0.39 is 34.7 Å². The van der Waals surface area contributed by atoms with Gasteiger partial charge >= 0.3 is 12.1 Å². The summed E-state index contributed by atoms with van der Waals surface area (Å²) in [5, 5.41) is 11.6. The summed E-state index contributed by atoms with van der Waals surface area (Å²) >= 11 is 0. The molecule has 2 aromatic rings. The van der Waals surface area contributed by atoms with Gasteiger partial charge in [0.2, 0.25) is 0 Å². The molecule has 1 aromatic carbocycles. The van der Waals surface area contributed by atoms with E-state index in [4.69, 9.17) is 4.74 Å². The number of carboxylic acids is 1. The molecule has 27 heavy (non-hydrogen) atoms. The third-order valence-electron chi connectivity index (χ3n) is 3.43. The van der Waals surface area contributed by atoms with Gasteiger partial charge in [0.25, 0.3) is 0 Å². The van der Waals surface area contributed by atoms with Crippen LogP contribution in [0.1, 0.15) is 32.0 Å². The van der Waals surface area contributed by atoms with Crippen molar-refractivity contribution in [3.8, 4) is 0 Å². The molecule has 146 valence electrons. The van der Waals surface area contributed by atoms with Gasteiger partial charge in [-0.05, 0) is 39.8 Å². The zero-order chi connectivity index (χ0) is 20.2. The van der Waals surface area contributed by atoms with Crippen molar-refractivity contribution in [2.75, 3.05) is 0 Å². The van der Waals surface area contributed by atoms with Crippen molar-refractivity contribution in [1.82, 2.24) is 14.3 Å². The number of nitrogens with zero attached hydrogens (tertiary/aromatic N) is 2. The Morgan fingerprint density at radius 3 is 2.48 bits per heavy atom. The number of benzene rings is 1. The van der Waals surface area contributed by atoms with Gasteiger partial charge in [0.1, 0.15) is 18.0 Å². The predicted molar refractivity (Wildman–Crippen MR) is 99.7 cm³/mol. The van der Waals surface area contributed by atoms with Crippen LogP contribution >= 0.6 is 0 Å². The van der Waals surface area contributed by atoms with Gasteiger partial charge in [-0.2, -0.15) is 0 Å². The number of rotatable bonds is 6. The van der Waals surface area contributed by atoms with Gasteiger partial charge < -0.3 is 15.2 Å². The number of aliphatic carboxylic acids is 1. The van der Waals surface area contributed by atoms with Crippen molar-refractivity contribution in [3.63, 3.8) is 0 Å². The highest BCUT2D eigenvalue weighted by Crippen LogP contribution is 2.12. The molecule has 1 unspecified atom stereocenters. The normalized spacial score (nSPS) is 13.6. The molecule has 0 fully saturated rings. The highest BCUT2D eigenvalue weighted by atomic mass is 32.2. The smallest absolute Gasteiger partial charge is 0.408 e. The van der Waals surface area contributed by atoms with Crippen LogP contribution in [-0.2, 0) is 26.9 Å². The highest BCUT2D eigenvalue weighted by Gasteiger charge is 2.25. The van der Waals surface area contributed by atoms with E-state index in [1.54, 1.807) is 32.9 Å². The van der Waals surface area contributed by atoms with Crippen molar-refractivity contribution in [2.45, 2.75) is 50.7 Å². The number of hydrogen-bond acceptors (Lipinski definition) is 5. The van der Waals surface area contributed by atoms with E-state index in [9.17, 15) is 18.9 Å². The molecule has 0 bridgehead atoms. The first-order chi connectivity index (χ1) is 12.5. The number of amides is 1. The molecule has 1 heterocycles. The zero-order valence-electron chi connectivity index (χ0n) is 15.6. The highest BCUT2D eigenvalue weighted by molar-refractivity contribution is 7.83. The lowest BCUT2D eigenvalue weighted by atomic mass is 10.1. The van der Waals surface area contributed by atoms with E-state index in [0.29, 0.717) is 10.6 Å². The van der Waals surface area contributed by atoms with Crippen LogP contribution in [-0.4, -0.2) is 42.0 Å². The van der Waals surface area contributed by atoms with E-state index in [2.05, 4.69) is 10.3 Å². The Labute approximate surface area is 160 Å². The van der Waals surface area contributed by atoms with Gasteiger partial charge in [-0.1, -0.05) is 17.7 Å². The first-order valence-electron chi connectivity index (χ1n) is 8.29. The van der Waals surface area contributed by atoms with Crippen molar-refractivity contribution >= 4 is 23.0 Å². The molecule has 0 aliphatic heterocycles. The quantitative estimate of drug-likeness (QED) is 0.779. The second-order valence-corrected chi connectivity index (χ2v) is 8.42. The molecule has 2 rings (SSSR count). The summed E-state index contributed by atoms with van der Waals surface area (Å²) in [5.74, 6) is -1.21. The largest absolute Gasteiger partial charge is 0.480 e. The molecular formula is C18H23N3O5S. The maximum absolute atomic E-state index is 12.6. The molecule has 0 radical (unpaired) electrons. The SMILES string of the molecule is Cc1ccc(S(=O)n2cnc(C[C@H](NC(=O)OC(C)(C)C)C(=O)O)c2)cc1. The Bertz CT molecular complexity index is 839. The van der Waals surface area contributed by atoms with Crippen LogP contribution in [0, 0.1) is 6.92 Å². The summed E-state index contributed by atoms with van der Waals surface area (Å²) in [6.07, 6.45) is 1.99. The average Bonchev–Trinajstić information content (AvgIpc) is 3.01. The van der Waals surface area contributed by atoms with Gasteiger partial charge in [-0.15, -0.1) is 0 Å². The molecule has 0 spiro atoms. The third kappa shape index (κ3) is 6.21. The monoisotopic (exact) mass is 393 g/mol. The number of aromatic nitrogens is 2. The van der Waals surface area contributed by atoms with Crippen molar-refractivity contribution < 1.29 is 23.6 Å². The van der Waals surface area contributed by atoms with Crippen LogP contribution in [0.5, 0.6) is 0 Å². The fraction of sp³-hybridized carbons (Fsp3) is 0.389. The molecule has 0 aliphatic carbocycles. The van der Waals surface area contributed by atoms with Crippen LogP contribution in [0.2, 0.25) is 0 Å². The first-order valence-corrected chi connectivity index (χ1v) is 9.40. The fourth-order valence-corrected chi connectivity index (χ4v) is 3.14. The molecule has 1 aromatic heterocycles. The topological polar surface area (TPSA) is 111 Å². The summed E-state index contributed by atoms with van der Waals surface area (Å²) in [6.45, 7) is 6.99. The van der Waals surface area contributed by atoms with Crippen LogP contribution < -0.4 is 5.32 Å². The number of imidazole rings is 1. The Kier molecular flexibility index (Phi) is 6.37. The number of alkyl carbamates (subject to hydrolysis) is 1. The van der Waals surface area contributed by atoms with Crippen LogP contribution in [0.25, 0.3) is 0 Å². The molecule has 0 saturated carbocycles. The average molecular weight is 393 g/mol. The summed E-state index contributed by atoms with van der Waals surface area (Å²) in [5.41, 5.74) is 0.707. The van der Waals surface area contributed by atoms with Gasteiger partial charge in [0, 0.05) is 12.6 Å². The lowest BCUT2D eigenvalue weighted by Gasteiger charge is -2.21. The minimum absolute atomic E-state index is 0.0628. The number of nitrogens with one attached hydrogen (secondary N) is 1. The number of carbonyl (C=O) groups excluding carboxylic acids is 1. The van der Waals surface area contributed by atoms with Crippen LogP contribution in [0.3, 0.4) is 0 Å². The number of carbonyl (C=O) groups is 2. The lowest BCUT2D eigenvalue weighted by Crippen LogP contribution is -2.44. The van der Waals surface area contributed by atoms with E-state index in [1.807, 2.05) is 19.1 Å². The summed E-state index contributed by atoms with van der Waals surface area (Å²) in [6, 6.07) is 6.02. The molecule has 0 saturated heterocycles. The Hall–Kier alpha value is -2.68. The molecule has 1 amide bonds. The minimum Gasteiger partial charge on any atom is -0.480 e. The molecule has 0 aliphatic rings. The lowest BCUT2D eigenvalue weighted by molar-refractivity contribution is -0.139. The van der Waals surface area contributed by atoms with Gasteiger partial charge in [0.15, 0.2) is 11.0 Å². The van der Waals surface area contributed by atoms with Crippen molar-refractivity contribution in [1.29, 1.82) is 0 Å². The maximum atomic E-state index is 12.6. The van der Waals surface area contributed by atoms with E-state index in [-0.39, 0.29) is 6.42 Å². The second kappa shape index (κ2) is 8.34. The zero-order valence-corrected chi connectivity index (χ0v) is 16.4. The van der Waals surface area contributed by atoms with Gasteiger partial charge in [0.05, 0.1) is 10.6 Å². The minimum atomic E-state index is -1.49. The molecule has 2 N–H and O–H groups in total. The summed E-state index contributed by atoms with van der Waals surface area (Å²) in [7, 11) is -1.49. The summed E-state index contributed by atoms with van der Waals surface area (Å²) < 4.78 is 19.0. The van der Waals surface area contributed by atoms with E-state index >= 15 is 0 Å². The number of aryl methyl sites for hydroxylation is 1. The molecule has 2 atom stereocenters. The fourth-order valence-electron chi connectivity index (χ4n) is 2.18. The predicted octanol–water partition coefficient (Wildman–Crippen LogP) is 2.28. The van der Waals surface area contributed by atoms with Crippen LogP contribution in [0.4, 0.5) is 4.79 Å². The second-order valence-electron chi connectivity index (χ2n) is 7.03. The molecular weight excluding hydrogens is 370 g/mol. The van der Waals surface area contributed by atoms with Gasteiger partial charge in [-0.3, -0.25) is 3.97 Å². The van der Waals surface area contributed by atoms with Crippen molar-refractivity contribution in [2.24, 2.45) is 0 Å². The maximum Gasteiger partial charge on any atom is 0.408 e. The Morgan fingerprint density at radius 2 is 1.93 bits per heavy atom. The number of hydrogen-bond donors (Lipinski definition) is 2. The van der Waals surface area contributed by atoms with Crippen LogP contribution in [0.15, 0.2) is 41.7 Å². The third-order valence-corrected chi connectivity index (χ3v) is 4.69. The number of ether oxygens (including phenoxy) is 1. The Balaban J connectivity index is 2.07. The van der Waals surface area contributed by atoms with E-state index in [0.717, 1.165) is 5.56 Å². The van der Waals surface area contributed by atoms with E-state index in [1.165, 1.54) is 16.5 Å². The summed E-state index contributed by atoms with van der Waals surface area (Å²) in [4.78, 5) is 28.0. The standard InChI is InChI=1S/C18H23N3O5S/c1-12-5-7-14(8-6-12)27(25)21-10-13(19-11-21)9-15(16(22)23)20-17(24)26-18(2,3)4/h5-8,10-11,15H,9H2,1-4H3,(H,20,24)(H,22,23)/t15-,27?/m0/s1. The first kappa shape index (κ1) is 20.6. The van der Waals surface area contributed by atoms with Crippen molar-refractivity contribution in [3.05, 3.63) is 48.0 Å².